The van der Waals surface area contributed by atoms with Crippen LogP contribution < -0.4 is 11.2 Å². The molecule has 1 aliphatic rings. The molecule has 0 aromatic carbocycles. The first-order valence-electron chi connectivity index (χ1n) is 1.57. The molecule has 1 saturated heterocycles. The molecule has 1 heterocycles. The van der Waals surface area contributed by atoms with E-state index in [0.29, 0.717) is 0 Å². The van der Waals surface area contributed by atoms with E-state index >= 15 is 0 Å². The molecule has 1 rings (SSSR count). The van der Waals surface area contributed by atoms with Crippen LogP contribution in [-0.2, 0) is 4.84 Å². The number of hydrogen-bond acceptors (Lipinski definition) is 3. The molecule has 0 aromatic heterocycles. The van der Waals surface area contributed by atoms with Gasteiger partial charge in [0.15, 0.2) is 0 Å². The van der Waals surface area contributed by atoms with Crippen LogP contribution in [0.3, 0.4) is 0 Å². The van der Waals surface area contributed by atoms with Crippen LogP contribution in [0.2, 0.25) is 0 Å². The highest BCUT2D eigenvalue weighted by molar-refractivity contribution is 14.1. The topological polar surface area (TPSA) is 60.5 Å². The van der Waals surface area contributed by atoms with Crippen molar-refractivity contribution in [2.45, 2.75) is 5.85 Å². The molecule has 1 atom stereocenters. The number of halogens is 1. The number of nitrogens with two attached hydrogens (primary N) is 1. The van der Waals surface area contributed by atoms with Gasteiger partial charge in [0.25, 0.3) is 0 Å². The molecule has 0 aromatic rings. The molecular formula is C2H5IN2O. The highest BCUT2D eigenvalue weighted by atomic mass is 127. The van der Waals surface area contributed by atoms with Gasteiger partial charge in [-0.2, -0.15) is 5.48 Å². The molecule has 36 valence electrons. The Morgan fingerprint density at radius 2 is 2.50 bits per heavy atom. The van der Waals surface area contributed by atoms with E-state index in [-0.39, 0.29) is 0 Å². The number of rotatable bonds is 1. The summed E-state index contributed by atoms with van der Waals surface area (Å²) in [5.41, 5.74) is 7.84. The van der Waals surface area contributed by atoms with E-state index in [1.165, 1.54) is 0 Å². The van der Waals surface area contributed by atoms with Crippen molar-refractivity contribution in [1.82, 2.24) is 5.48 Å². The van der Waals surface area contributed by atoms with Crippen LogP contribution >= 0.6 is 22.6 Å². The van der Waals surface area contributed by atoms with E-state index in [4.69, 9.17) is 5.73 Å². The van der Waals surface area contributed by atoms with Crippen molar-refractivity contribution in [1.29, 1.82) is 0 Å². The maximum atomic E-state index is 5.30. The van der Waals surface area contributed by atoms with Crippen LogP contribution in [0.4, 0.5) is 0 Å². The molecule has 0 aliphatic carbocycles. The van der Waals surface area contributed by atoms with Gasteiger partial charge >= 0.3 is 0 Å². The molecule has 3 nitrogen and oxygen atoms in total. The van der Waals surface area contributed by atoms with E-state index in [1.54, 1.807) is 0 Å². The first kappa shape index (κ1) is 4.76. The molecule has 0 radical (unpaired) electrons. The third-order valence-electron chi connectivity index (χ3n) is 0.563. The number of hydroxylamine groups is 1. The Morgan fingerprint density at radius 1 is 2.00 bits per heavy atom. The Balaban J connectivity index is 2.28. The van der Waals surface area contributed by atoms with E-state index in [0.717, 1.165) is 4.43 Å². The molecule has 0 bridgehead atoms. The molecule has 1 fully saturated rings. The Labute approximate surface area is 49.3 Å². The standard InChI is InChI=1S/C2H5IN2O/c3-1-2(4)5-6-2/h5H,1,4H2. The first-order chi connectivity index (χ1) is 2.77. The van der Waals surface area contributed by atoms with Gasteiger partial charge < -0.3 is 0 Å². The van der Waals surface area contributed by atoms with Gasteiger partial charge in [0.1, 0.15) is 0 Å². The third kappa shape index (κ3) is 0.810. The van der Waals surface area contributed by atoms with Crippen LogP contribution in [0.5, 0.6) is 0 Å². The third-order valence-corrected chi connectivity index (χ3v) is 1.70. The van der Waals surface area contributed by atoms with Crippen LogP contribution in [0, 0.1) is 0 Å². The van der Waals surface area contributed by atoms with E-state index in [9.17, 15) is 0 Å². The highest BCUT2D eigenvalue weighted by Gasteiger charge is 2.38. The number of hydrogen-bond donors (Lipinski definition) is 2. The van der Waals surface area contributed by atoms with Gasteiger partial charge in [0.05, 0.1) is 4.43 Å². The average Bonchev–Trinajstić information content (AvgIpc) is 2.22. The summed E-state index contributed by atoms with van der Waals surface area (Å²) in [5, 5.41) is 0. The zero-order valence-corrected chi connectivity index (χ0v) is 5.23. The lowest BCUT2D eigenvalue weighted by Gasteiger charge is -1.88. The average molecular weight is 200 g/mol. The van der Waals surface area contributed by atoms with Gasteiger partial charge in [-0.25, -0.2) is 0 Å². The summed E-state index contributed by atoms with van der Waals surface area (Å²) in [7, 11) is 0. The van der Waals surface area contributed by atoms with Crippen LogP contribution in [0.15, 0.2) is 0 Å². The van der Waals surface area contributed by atoms with Crippen molar-refractivity contribution in [3.8, 4) is 0 Å². The van der Waals surface area contributed by atoms with Crippen molar-refractivity contribution < 1.29 is 4.84 Å². The van der Waals surface area contributed by atoms with Gasteiger partial charge in [-0.05, 0) is 0 Å². The summed E-state index contributed by atoms with van der Waals surface area (Å²) in [6, 6.07) is 0. The minimum atomic E-state index is -0.472. The fourth-order valence-electron chi connectivity index (χ4n) is 0.120. The Hall–Kier alpha value is 0.610. The van der Waals surface area contributed by atoms with Crippen molar-refractivity contribution in [2.75, 3.05) is 4.43 Å². The second kappa shape index (κ2) is 1.29. The molecule has 1 unspecified atom stereocenters. The minimum Gasteiger partial charge on any atom is -0.287 e. The first-order valence-corrected chi connectivity index (χ1v) is 3.09. The van der Waals surface area contributed by atoms with Gasteiger partial charge in [-0.1, -0.05) is 22.6 Å². The molecule has 6 heavy (non-hydrogen) atoms. The van der Waals surface area contributed by atoms with Crippen LogP contribution in [0.25, 0.3) is 0 Å². The Kier molecular flexibility index (Phi) is 1.02. The normalized spacial score (nSPS) is 43.0. The maximum Gasteiger partial charge on any atom is 0.221 e. The number of alkyl halides is 1. The predicted octanol–water partition coefficient (Wildman–Crippen LogP) is -0.431. The molecule has 3 N–H and O–H groups in total. The predicted molar refractivity (Wildman–Crippen MR) is 30.0 cm³/mol. The zero-order chi connectivity index (χ0) is 4.62. The van der Waals surface area contributed by atoms with E-state index in [2.05, 4.69) is 32.9 Å². The van der Waals surface area contributed by atoms with Crippen molar-refractivity contribution in [3.05, 3.63) is 0 Å². The zero-order valence-electron chi connectivity index (χ0n) is 3.07. The minimum absolute atomic E-state index is 0.472. The Bertz CT molecular complexity index is 62.6. The van der Waals surface area contributed by atoms with Crippen LogP contribution in [-0.4, -0.2) is 10.3 Å². The van der Waals surface area contributed by atoms with Crippen molar-refractivity contribution in [2.24, 2.45) is 5.73 Å². The molecule has 0 saturated carbocycles. The second-order valence-electron chi connectivity index (χ2n) is 1.23. The summed E-state index contributed by atoms with van der Waals surface area (Å²) < 4.78 is 0.796. The highest BCUT2D eigenvalue weighted by Crippen LogP contribution is 2.12. The van der Waals surface area contributed by atoms with E-state index in [1.807, 2.05) is 0 Å². The summed E-state index contributed by atoms with van der Waals surface area (Å²) in [4.78, 5) is 4.57. The van der Waals surface area contributed by atoms with Gasteiger partial charge in [-0.15, -0.1) is 0 Å². The van der Waals surface area contributed by atoms with E-state index < -0.39 is 5.85 Å². The summed E-state index contributed by atoms with van der Waals surface area (Å²) in [5.74, 6) is -0.472. The smallest absolute Gasteiger partial charge is 0.221 e. The lowest BCUT2D eigenvalue weighted by molar-refractivity contribution is 0.319. The number of nitrogens with one attached hydrogen (secondary N) is 1. The van der Waals surface area contributed by atoms with Crippen molar-refractivity contribution in [3.63, 3.8) is 0 Å². The van der Waals surface area contributed by atoms with Gasteiger partial charge in [0.2, 0.25) is 5.85 Å². The summed E-state index contributed by atoms with van der Waals surface area (Å²) >= 11 is 2.14. The SMILES string of the molecule is NC1(CI)NO1. The summed E-state index contributed by atoms with van der Waals surface area (Å²) in [6.07, 6.45) is 0. The fourth-order valence-corrected chi connectivity index (χ4v) is 0.432. The monoisotopic (exact) mass is 200 g/mol. The van der Waals surface area contributed by atoms with Crippen LogP contribution in [0.1, 0.15) is 0 Å². The lowest BCUT2D eigenvalue weighted by Crippen LogP contribution is -2.28. The quantitative estimate of drug-likeness (QED) is 0.343. The molecular weight excluding hydrogens is 195 g/mol. The van der Waals surface area contributed by atoms with Gasteiger partial charge in [-0.3, -0.25) is 10.6 Å². The molecule has 0 spiro atoms. The molecule has 1 aliphatic heterocycles. The maximum absolute atomic E-state index is 5.30. The largest absolute Gasteiger partial charge is 0.287 e. The lowest BCUT2D eigenvalue weighted by atomic mass is 10.6. The Morgan fingerprint density at radius 3 is 2.50 bits per heavy atom. The van der Waals surface area contributed by atoms with Crippen molar-refractivity contribution >= 4 is 22.6 Å². The second-order valence-corrected chi connectivity index (χ2v) is 1.99. The summed E-state index contributed by atoms with van der Waals surface area (Å²) in [6.45, 7) is 0. The van der Waals surface area contributed by atoms with Gasteiger partial charge in [0, 0.05) is 0 Å². The molecule has 4 heteroatoms. The fraction of sp³-hybridized carbons (Fsp3) is 1.00. The molecule has 0 amide bonds.